The van der Waals surface area contributed by atoms with Gasteiger partial charge in [0, 0.05) is 29.1 Å². The Morgan fingerprint density at radius 1 is 0.767 bits per heavy atom. The minimum Gasteiger partial charge on any atom is -0.412 e. The first-order valence-electron chi connectivity index (χ1n) is 8.48. The normalized spacial score (nSPS) is 10.3. The Morgan fingerprint density at radius 3 is 1.83 bits per heavy atom. The van der Waals surface area contributed by atoms with Gasteiger partial charge < -0.3 is 5.48 Å². The van der Waals surface area contributed by atoms with Crippen LogP contribution in [0, 0.1) is 20.2 Å². The van der Waals surface area contributed by atoms with E-state index in [1.165, 1.54) is 33.9 Å². The van der Waals surface area contributed by atoms with Gasteiger partial charge in [-0.1, -0.05) is 18.2 Å². The van der Waals surface area contributed by atoms with E-state index in [0.717, 1.165) is 5.56 Å². The predicted molar refractivity (Wildman–Crippen MR) is 105 cm³/mol. The molecule has 0 aliphatic heterocycles. The van der Waals surface area contributed by atoms with Gasteiger partial charge in [-0.15, -0.1) is 0 Å². The second-order valence-electron chi connectivity index (χ2n) is 6.02. The van der Waals surface area contributed by atoms with Crippen LogP contribution >= 0.6 is 0 Å². The van der Waals surface area contributed by atoms with Gasteiger partial charge in [-0.25, -0.2) is 0 Å². The molecule has 150 valence electrons. The van der Waals surface area contributed by atoms with Crippen LogP contribution in [0.2, 0.25) is 0 Å². The molecule has 11 nitrogen and oxygen atoms in total. The van der Waals surface area contributed by atoms with Gasteiger partial charge in [0.05, 0.1) is 20.5 Å². The Balaban J connectivity index is 0.00000256. The molecule has 0 bridgehead atoms. The highest BCUT2D eigenvalue weighted by molar-refractivity contribution is 5.53. The van der Waals surface area contributed by atoms with Crippen molar-refractivity contribution in [1.82, 2.24) is 15.0 Å². The molecule has 11 heteroatoms. The van der Waals surface area contributed by atoms with Crippen molar-refractivity contribution in [1.29, 1.82) is 0 Å². The first-order valence-corrected chi connectivity index (χ1v) is 8.48. The van der Waals surface area contributed by atoms with Crippen molar-refractivity contribution in [2.45, 2.75) is 0 Å². The summed E-state index contributed by atoms with van der Waals surface area (Å²) in [6.45, 7) is 0. The average molecular weight is 407 g/mol. The number of benzene rings is 3. The molecule has 30 heavy (non-hydrogen) atoms. The zero-order chi connectivity index (χ0) is 20.4. The SMILES string of the molecule is O.O=[N+]([O-])c1ccc(-n2nc(-c3ccccc3)n[n+]2-c2ccc([N+](=O)[O-])cc2)cc1. The lowest BCUT2D eigenvalue weighted by Gasteiger charge is -1.99. The summed E-state index contributed by atoms with van der Waals surface area (Å²) in [6.07, 6.45) is 0. The van der Waals surface area contributed by atoms with Crippen molar-refractivity contribution in [3.05, 3.63) is 99.1 Å². The van der Waals surface area contributed by atoms with Crippen LogP contribution < -0.4 is 4.80 Å². The summed E-state index contributed by atoms with van der Waals surface area (Å²) in [7, 11) is 0. The third-order valence-corrected chi connectivity index (χ3v) is 4.17. The zero-order valence-corrected chi connectivity index (χ0v) is 15.3. The highest BCUT2D eigenvalue weighted by atomic mass is 16.6. The topological polar surface area (TPSA) is 152 Å². The molecule has 0 amide bonds. The number of nitro benzene ring substituents is 2. The lowest BCUT2D eigenvalue weighted by Crippen LogP contribution is -2.43. The van der Waals surface area contributed by atoms with E-state index in [1.54, 1.807) is 24.3 Å². The van der Waals surface area contributed by atoms with Crippen molar-refractivity contribution in [2.75, 3.05) is 0 Å². The van der Waals surface area contributed by atoms with Gasteiger partial charge in [0.25, 0.3) is 11.4 Å². The number of nitrogens with zero attached hydrogens (tertiary/aromatic N) is 6. The summed E-state index contributed by atoms with van der Waals surface area (Å²) in [6, 6.07) is 21.0. The predicted octanol–water partition coefficient (Wildman–Crippen LogP) is 2.20. The zero-order valence-electron chi connectivity index (χ0n) is 15.3. The van der Waals surface area contributed by atoms with Gasteiger partial charge >= 0.3 is 5.82 Å². The van der Waals surface area contributed by atoms with Gasteiger partial charge in [0.15, 0.2) is 5.69 Å². The van der Waals surface area contributed by atoms with Crippen molar-refractivity contribution < 1.29 is 20.1 Å². The first kappa shape index (κ1) is 20.2. The number of hydrogen-bond acceptors (Lipinski definition) is 6. The van der Waals surface area contributed by atoms with Gasteiger partial charge in [-0.3, -0.25) is 20.2 Å². The van der Waals surface area contributed by atoms with Crippen molar-refractivity contribution in [2.24, 2.45) is 0 Å². The van der Waals surface area contributed by atoms with E-state index in [2.05, 4.69) is 10.2 Å². The Morgan fingerprint density at radius 2 is 1.30 bits per heavy atom. The summed E-state index contributed by atoms with van der Waals surface area (Å²) in [4.78, 5) is 23.8. The Labute approximate surface area is 169 Å². The molecule has 4 aromatic rings. The van der Waals surface area contributed by atoms with E-state index in [4.69, 9.17) is 0 Å². The Kier molecular flexibility index (Phi) is 5.56. The number of nitro groups is 2. The fourth-order valence-corrected chi connectivity index (χ4v) is 2.74. The van der Waals surface area contributed by atoms with Crippen LogP contribution in [0.5, 0.6) is 0 Å². The third kappa shape index (κ3) is 3.86. The van der Waals surface area contributed by atoms with Crippen LogP contribution in [0.25, 0.3) is 22.8 Å². The molecule has 1 heterocycles. The lowest BCUT2D eigenvalue weighted by molar-refractivity contribution is -0.734. The minimum absolute atomic E-state index is 0. The average Bonchev–Trinajstić information content (AvgIpc) is 3.20. The van der Waals surface area contributed by atoms with E-state index in [9.17, 15) is 20.2 Å². The molecule has 0 unspecified atom stereocenters. The van der Waals surface area contributed by atoms with Gasteiger partial charge in [0.1, 0.15) is 5.69 Å². The third-order valence-electron chi connectivity index (χ3n) is 4.17. The molecule has 4 rings (SSSR count). The molecular formula is C19H15N6O5+. The number of tetrazole rings is 1. The minimum atomic E-state index is -0.481. The summed E-state index contributed by atoms with van der Waals surface area (Å²) >= 11 is 0. The van der Waals surface area contributed by atoms with Gasteiger partial charge in [-0.2, -0.15) is 0 Å². The van der Waals surface area contributed by atoms with Gasteiger partial charge in [0.2, 0.25) is 0 Å². The number of aromatic nitrogens is 4. The molecular weight excluding hydrogens is 392 g/mol. The maximum atomic E-state index is 10.9. The molecule has 1 aromatic heterocycles. The quantitative estimate of drug-likeness (QED) is 0.281. The highest BCUT2D eigenvalue weighted by Crippen LogP contribution is 2.18. The van der Waals surface area contributed by atoms with Crippen LogP contribution in [-0.2, 0) is 0 Å². The smallest absolute Gasteiger partial charge is 0.340 e. The Hall–Kier alpha value is -4.51. The largest absolute Gasteiger partial charge is 0.412 e. The van der Waals surface area contributed by atoms with Crippen LogP contribution in [-0.4, -0.2) is 30.3 Å². The van der Waals surface area contributed by atoms with Crippen LogP contribution in [0.3, 0.4) is 0 Å². The maximum Gasteiger partial charge on any atom is 0.340 e. The van der Waals surface area contributed by atoms with Crippen LogP contribution in [0.1, 0.15) is 0 Å². The molecule has 0 fully saturated rings. The second-order valence-corrected chi connectivity index (χ2v) is 6.02. The van der Waals surface area contributed by atoms with Crippen molar-refractivity contribution in [3.8, 4) is 22.8 Å². The highest BCUT2D eigenvalue weighted by Gasteiger charge is 2.24. The fraction of sp³-hybridized carbons (Fsp3) is 0. The standard InChI is InChI=1S/C19H13N6O4.H2O/c26-24(27)17-10-6-15(7-11-17)22-20-19(14-4-2-1-3-5-14)21-23(22)16-8-12-18(13-9-16)25(28)29;/h1-13H;1H2/q+1;. The summed E-state index contributed by atoms with van der Waals surface area (Å²) < 4.78 is 0. The number of non-ortho nitro benzene ring substituents is 2. The van der Waals surface area contributed by atoms with Gasteiger partial charge in [-0.05, 0) is 46.3 Å². The summed E-state index contributed by atoms with van der Waals surface area (Å²) in [5.41, 5.74) is 1.79. The molecule has 0 spiro atoms. The van der Waals surface area contributed by atoms with Crippen LogP contribution in [0.4, 0.5) is 11.4 Å². The van der Waals surface area contributed by atoms with E-state index < -0.39 is 9.85 Å². The van der Waals surface area contributed by atoms with Crippen LogP contribution in [0.15, 0.2) is 78.9 Å². The summed E-state index contributed by atoms with van der Waals surface area (Å²) in [5.74, 6) is 0.433. The van der Waals surface area contributed by atoms with E-state index in [0.29, 0.717) is 17.2 Å². The fourth-order valence-electron chi connectivity index (χ4n) is 2.74. The first-order chi connectivity index (χ1) is 14.0. The number of hydrogen-bond donors (Lipinski definition) is 0. The Bertz CT molecular complexity index is 1120. The van der Waals surface area contributed by atoms with E-state index in [1.807, 2.05) is 30.3 Å². The molecule has 0 atom stereocenters. The van der Waals surface area contributed by atoms with E-state index >= 15 is 0 Å². The molecule has 0 radical (unpaired) electrons. The second kappa shape index (κ2) is 8.24. The molecule has 3 aromatic carbocycles. The van der Waals surface area contributed by atoms with Crippen molar-refractivity contribution >= 4 is 11.4 Å². The lowest BCUT2D eigenvalue weighted by atomic mass is 10.2. The van der Waals surface area contributed by atoms with Crippen molar-refractivity contribution in [3.63, 3.8) is 0 Å². The summed E-state index contributed by atoms with van der Waals surface area (Å²) in [5, 5.41) is 30.9. The molecule has 0 saturated heterocycles. The molecule has 0 aliphatic rings. The monoisotopic (exact) mass is 407 g/mol. The molecule has 0 aliphatic carbocycles. The number of rotatable bonds is 5. The molecule has 0 saturated carbocycles. The maximum absolute atomic E-state index is 10.9. The molecule has 2 N–H and O–H groups in total. The van der Waals surface area contributed by atoms with E-state index in [-0.39, 0.29) is 16.9 Å².